The second-order valence-electron chi connectivity index (χ2n) is 9.91. The number of nitrogens with one attached hydrogen (secondary N) is 1. The molecule has 1 N–H and O–H groups in total. The summed E-state index contributed by atoms with van der Waals surface area (Å²) in [6.45, 7) is 8.61. The Balaban J connectivity index is 1.22. The normalized spacial score (nSPS) is 11.1. The Hall–Kier alpha value is -3.60. The van der Waals surface area contributed by atoms with Gasteiger partial charge in [0.15, 0.2) is 0 Å². The molecule has 194 valence electrons. The predicted octanol–water partition coefficient (Wildman–Crippen LogP) is 6.96. The van der Waals surface area contributed by atoms with E-state index >= 15 is 0 Å². The van der Waals surface area contributed by atoms with Crippen molar-refractivity contribution in [3.05, 3.63) is 94.8 Å². The lowest BCUT2D eigenvalue weighted by Crippen LogP contribution is -2.24. The van der Waals surface area contributed by atoms with Crippen molar-refractivity contribution in [2.24, 2.45) is 0 Å². The Labute approximate surface area is 220 Å². The molecule has 1 heterocycles. The first kappa shape index (κ1) is 26.5. The van der Waals surface area contributed by atoms with E-state index in [4.69, 9.17) is 9.72 Å². The Morgan fingerprint density at radius 1 is 0.865 bits per heavy atom. The minimum Gasteiger partial charge on any atom is -0.494 e. The van der Waals surface area contributed by atoms with Crippen LogP contribution in [0, 0.1) is 20.8 Å². The van der Waals surface area contributed by atoms with Crippen LogP contribution < -0.4 is 10.1 Å². The molecule has 1 aromatic heterocycles. The van der Waals surface area contributed by atoms with Gasteiger partial charge in [-0.3, -0.25) is 4.79 Å². The van der Waals surface area contributed by atoms with Crippen LogP contribution in [0.4, 0.5) is 0 Å². The largest absolute Gasteiger partial charge is 0.494 e. The van der Waals surface area contributed by atoms with Crippen molar-refractivity contribution < 1.29 is 9.53 Å². The van der Waals surface area contributed by atoms with E-state index in [0.717, 1.165) is 79.9 Å². The van der Waals surface area contributed by atoms with E-state index in [9.17, 15) is 4.79 Å². The van der Waals surface area contributed by atoms with Gasteiger partial charge in [0, 0.05) is 25.1 Å². The summed E-state index contributed by atoms with van der Waals surface area (Å²) in [4.78, 5) is 17.3. The fraction of sp³-hybridized carbons (Fsp3) is 0.375. The van der Waals surface area contributed by atoms with Crippen LogP contribution in [0.5, 0.6) is 5.75 Å². The van der Waals surface area contributed by atoms with Crippen LogP contribution in [0.15, 0.2) is 66.7 Å². The van der Waals surface area contributed by atoms with Gasteiger partial charge in [0.2, 0.25) is 0 Å². The van der Waals surface area contributed by atoms with Crippen LogP contribution in [0.2, 0.25) is 0 Å². The molecule has 0 saturated heterocycles. The van der Waals surface area contributed by atoms with Crippen molar-refractivity contribution in [3.8, 4) is 5.75 Å². The maximum Gasteiger partial charge on any atom is 0.251 e. The van der Waals surface area contributed by atoms with Crippen molar-refractivity contribution in [3.63, 3.8) is 0 Å². The topological polar surface area (TPSA) is 56.2 Å². The molecule has 0 fully saturated rings. The van der Waals surface area contributed by atoms with Gasteiger partial charge in [-0.15, -0.1) is 0 Å². The van der Waals surface area contributed by atoms with Crippen LogP contribution in [-0.4, -0.2) is 28.6 Å². The summed E-state index contributed by atoms with van der Waals surface area (Å²) in [5.74, 6) is 2.11. The number of carbonyl (C=O) groups is 1. The molecular weight excluding hydrogens is 458 g/mol. The number of aryl methyl sites for hydroxylation is 5. The third kappa shape index (κ3) is 7.45. The first-order chi connectivity index (χ1) is 18.0. The molecule has 0 radical (unpaired) electrons. The number of hydrogen-bond donors (Lipinski definition) is 1. The lowest BCUT2D eigenvalue weighted by atomic mass is 10.1. The van der Waals surface area contributed by atoms with Crippen LogP contribution in [0.25, 0.3) is 11.0 Å². The van der Waals surface area contributed by atoms with Crippen molar-refractivity contribution in [2.45, 2.75) is 65.8 Å². The maximum atomic E-state index is 12.3. The van der Waals surface area contributed by atoms with E-state index in [2.05, 4.69) is 66.2 Å². The average Bonchev–Trinajstić information content (AvgIpc) is 3.25. The number of carbonyl (C=O) groups excluding carboxylic acids is 1. The number of benzene rings is 3. The van der Waals surface area contributed by atoms with E-state index in [0.29, 0.717) is 6.54 Å². The van der Waals surface area contributed by atoms with Gasteiger partial charge in [0.1, 0.15) is 11.6 Å². The third-order valence-electron chi connectivity index (χ3n) is 6.90. The van der Waals surface area contributed by atoms with Crippen LogP contribution >= 0.6 is 0 Å². The number of unbranched alkanes of at least 4 members (excludes halogenated alkanes) is 3. The van der Waals surface area contributed by atoms with Gasteiger partial charge in [-0.2, -0.15) is 0 Å². The molecule has 0 aliphatic heterocycles. The number of rotatable bonds is 13. The molecule has 37 heavy (non-hydrogen) atoms. The molecule has 0 bridgehead atoms. The number of imidazole rings is 1. The number of fused-ring (bicyclic) bond motifs is 1. The Morgan fingerprint density at radius 2 is 1.73 bits per heavy atom. The van der Waals surface area contributed by atoms with E-state index in [1.54, 1.807) is 0 Å². The second-order valence-corrected chi connectivity index (χ2v) is 9.91. The van der Waals surface area contributed by atoms with E-state index in [1.807, 2.05) is 31.2 Å². The molecule has 0 atom stereocenters. The van der Waals surface area contributed by atoms with Gasteiger partial charge in [0.05, 0.1) is 17.6 Å². The third-order valence-corrected chi connectivity index (χ3v) is 6.90. The standard InChI is InChI=1S/C32H39N3O2/c1-24-12-11-13-27(22-24)32(36)33-19-8-4-5-16-31-34-29-14-6-7-15-30(29)35(31)20-9-10-21-37-28-18-17-25(2)26(3)23-28/h6-7,11-15,17-18,22-23H,4-5,8-10,16,19-21H2,1-3H3,(H,33,36). The van der Waals surface area contributed by atoms with E-state index in [1.165, 1.54) is 16.6 Å². The minimum absolute atomic E-state index is 0.00647. The molecule has 0 aliphatic rings. The fourth-order valence-corrected chi connectivity index (χ4v) is 4.61. The van der Waals surface area contributed by atoms with E-state index < -0.39 is 0 Å². The highest BCUT2D eigenvalue weighted by atomic mass is 16.5. The van der Waals surface area contributed by atoms with Gasteiger partial charge in [-0.05, 0) is 94.0 Å². The zero-order valence-corrected chi connectivity index (χ0v) is 22.4. The summed E-state index contributed by atoms with van der Waals surface area (Å²) in [7, 11) is 0. The monoisotopic (exact) mass is 497 g/mol. The molecule has 5 nitrogen and oxygen atoms in total. The fourth-order valence-electron chi connectivity index (χ4n) is 4.61. The molecule has 4 aromatic rings. The van der Waals surface area contributed by atoms with Crippen molar-refractivity contribution in [1.29, 1.82) is 0 Å². The number of para-hydroxylation sites is 2. The Bertz CT molecular complexity index is 1320. The summed E-state index contributed by atoms with van der Waals surface area (Å²) in [6.07, 6.45) is 6.07. The molecule has 0 saturated carbocycles. The highest BCUT2D eigenvalue weighted by Crippen LogP contribution is 2.20. The molecule has 3 aromatic carbocycles. The van der Waals surface area contributed by atoms with Gasteiger partial charge in [-0.25, -0.2) is 4.98 Å². The zero-order valence-electron chi connectivity index (χ0n) is 22.4. The molecule has 0 unspecified atom stereocenters. The summed E-state index contributed by atoms with van der Waals surface area (Å²) in [6, 6.07) is 22.4. The number of ether oxygens (including phenoxy) is 1. The molecular formula is C32H39N3O2. The summed E-state index contributed by atoms with van der Waals surface area (Å²) < 4.78 is 8.36. The number of amides is 1. The lowest BCUT2D eigenvalue weighted by Gasteiger charge is -2.11. The van der Waals surface area contributed by atoms with E-state index in [-0.39, 0.29) is 5.91 Å². The first-order valence-electron chi connectivity index (χ1n) is 13.5. The summed E-state index contributed by atoms with van der Waals surface area (Å²) in [5, 5.41) is 3.04. The number of hydrogen-bond acceptors (Lipinski definition) is 3. The SMILES string of the molecule is Cc1cccc(C(=O)NCCCCCc2nc3ccccc3n2CCCCOc2ccc(C)c(C)c2)c1. The number of aromatic nitrogens is 2. The molecule has 1 amide bonds. The Kier molecular flexibility index (Phi) is 9.36. The van der Waals surface area contributed by atoms with Gasteiger partial charge < -0.3 is 14.6 Å². The minimum atomic E-state index is 0.00647. The molecule has 0 spiro atoms. The maximum absolute atomic E-state index is 12.3. The Morgan fingerprint density at radius 3 is 2.57 bits per heavy atom. The van der Waals surface area contributed by atoms with Crippen LogP contribution in [0.3, 0.4) is 0 Å². The van der Waals surface area contributed by atoms with Crippen LogP contribution in [0.1, 0.15) is 65.0 Å². The molecule has 5 heteroatoms. The van der Waals surface area contributed by atoms with Crippen LogP contribution in [-0.2, 0) is 13.0 Å². The van der Waals surface area contributed by atoms with Crippen molar-refractivity contribution >= 4 is 16.9 Å². The smallest absolute Gasteiger partial charge is 0.251 e. The number of nitrogens with zero attached hydrogens (tertiary/aromatic N) is 2. The van der Waals surface area contributed by atoms with Gasteiger partial charge >= 0.3 is 0 Å². The predicted molar refractivity (Wildman–Crippen MR) is 151 cm³/mol. The highest BCUT2D eigenvalue weighted by molar-refractivity contribution is 5.94. The van der Waals surface area contributed by atoms with Crippen molar-refractivity contribution in [2.75, 3.05) is 13.2 Å². The first-order valence-corrected chi connectivity index (χ1v) is 13.5. The van der Waals surface area contributed by atoms with Gasteiger partial charge in [-0.1, -0.05) is 42.3 Å². The quantitative estimate of drug-likeness (QED) is 0.203. The molecule has 0 aliphatic carbocycles. The average molecular weight is 498 g/mol. The summed E-state index contributed by atoms with van der Waals surface area (Å²) >= 11 is 0. The lowest BCUT2D eigenvalue weighted by molar-refractivity contribution is 0.0953. The zero-order chi connectivity index (χ0) is 26.0. The van der Waals surface area contributed by atoms with Gasteiger partial charge in [0.25, 0.3) is 5.91 Å². The second kappa shape index (κ2) is 13.1. The van der Waals surface area contributed by atoms with Crippen molar-refractivity contribution in [1.82, 2.24) is 14.9 Å². The molecule has 4 rings (SSSR count). The summed E-state index contributed by atoms with van der Waals surface area (Å²) in [5.41, 5.74) is 6.66. The highest BCUT2D eigenvalue weighted by Gasteiger charge is 2.10.